The minimum absolute atomic E-state index is 0.0235. The molecule has 1 aromatic heterocycles. The van der Waals surface area contributed by atoms with E-state index < -0.39 is 0 Å². The van der Waals surface area contributed by atoms with E-state index in [1.54, 1.807) is 7.11 Å². The van der Waals surface area contributed by atoms with Crippen LogP contribution in [0, 0.1) is 0 Å². The fraction of sp³-hybridized carbons (Fsp3) is 0.263. The number of anilines is 1. The van der Waals surface area contributed by atoms with Crippen molar-refractivity contribution in [3.8, 4) is 11.5 Å². The van der Waals surface area contributed by atoms with Crippen molar-refractivity contribution >= 4 is 28.3 Å². The van der Waals surface area contributed by atoms with Gasteiger partial charge in [0.25, 0.3) is 0 Å². The van der Waals surface area contributed by atoms with Gasteiger partial charge in [-0.15, -0.1) is 0 Å². The standard InChI is InChI=1S/C19H20ClN3O3/c1-12(13-3-6-17(26-8-7-24)18(9-13)25-2)23-19-15-5-4-14(20)10-16(15)21-11-22-19/h3-6,9-12,24H,7-8H2,1-2H3,(H,21,22,23). The summed E-state index contributed by atoms with van der Waals surface area (Å²) in [6, 6.07) is 11.2. The molecular formula is C19H20ClN3O3. The summed E-state index contributed by atoms with van der Waals surface area (Å²) >= 11 is 6.03. The minimum atomic E-state index is -0.0479. The largest absolute Gasteiger partial charge is 0.493 e. The van der Waals surface area contributed by atoms with Crippen molar-refractivity contribution in [2.24, 2.45) is 0 Å². The number of ether oxygens (including phenoxy) is 2. The van der Waals surface area contributed by atoms with Crippen LogP contribution in [0.3, 0.4) is 0 Å². The summed E-state index contributed by atoms with van der Waals surface area (Å²) in [4.78, 5) is 8.61. The Kier molecular flexibility index (Phi) is 5.75. The summed E-state index contributed by atoms with van der Waals surface area (Å²) in [5.41, 5.74) is 1.80. The van der Waals surface area contributed by atoms with Gasteiger partial charge in [0.1, 0.15) is 18.8 Å². The average Bonchev–Trinajstić information content (AvgIpc) is 2.66. The van der Waals surface area contributed by atoms with Crippen LogP contribution < -0.4 is 14.8 Å². The second kappa shape index (κ2) is 8.21. The maximum Gasteiger partial charge on any atom is 0.161 e. The fourth-order valence-corrected chi connectivity index (χ4v) is 2.83. The van der Waals surface area contributed by atoms with Crippen LogP contribution in [0.15, 0.2) is 42.7 Å². The van der Waals surface area contributed by atoms with Crippen molar-refractivity contribution in [2.75, 3.05) is 25.6 Å². The van der Waals surface area contributed by atoms with Crippen LogP contribution in [-0.4, -0.2) is 35.4 Å². The van der Waals surface area contributed by atoms with Gasteiger partial charge in [0, 0.05) is 10.4 Å². The maximum atomic E-state index is 8.91. The lowest BCUT2D eigenvalue weighted by Gasteiger charge is -2.18. The molecule has 136 valence electrons. The van der Waals surface area contributed by atoms with E-state index in [0.29, 0.717) is 16.5 Å². The van der Waals surface area contributed by atoms with E-state index in [-0.39, 0.29) is 19.3 Å². The monoisotopic (exact) mass is 373 g/mol. The van der Waals surface area contributed by atoms with Gasteiger partial charge in [0.05, 0.1) is 25.3 Å². The molecule has 0 aliphatic rings. The smallest absolute Gasteiger partial charge is 0.161 e. The van der Waals surface area contributed by atoms with Crippen LogP contribution in [0.4, 0.5) is 5.82 Å². The van der Waals surface area contributed by atoms with Gasteiger partial charge in [-0.05, 0) is 42.8 Å². The molecule has 3 rings (SSSR count). The molecule has 0 saturated carbocycles. The Balaban J connectivity index is 1.85. The highest BCUT2D eigenvalue weighted by molar-refractivity contribution is 6.31. The highest BCUT2D eigenvalue weighted by Gasteiger charge is 2.13. The Bertz CT molecular complexity index is 904. The van der Waals surface area contributed by atoms with E-state index in [1.807, 2.05) is 43.3 Å². The average molecular weight is 374 g/mol. The van der Waals surface area contributed by atoms with E-state index >= 15 is 0 Å². The highest BCUT2D eigenvalue weighted by atomic mass is 35.5. The Morgan fingerprint density at radius 2 is 2.00 bits per heavy atom. The van der Waals surface area contributed by atoms with Gasteiger partial charge in [-0.25, -0.2) is 9.97 Å². The topological polar surface area (TPSA) is 76.5 Å². The molecule has 3 aromatic rings. The number of aliphatic hydroxyl groups is 1. The summed E-state index contributed by atoms with van der Waals surface area (Å²) in [5.74, 6) is 1.95. The Labute approximate surface area is 156 Å². The first-order valence-electron chi connectivity index (χ1n) is 8.20. The van der Waals surface area contributed by atoms with Crippen molar-refractivity contribution in [2.45, 2.75) is 13.0 Å². The molecule has 1 heterocycles. The molecule has 1 unspecified atom stereocenters. The summed E-state index contributed by atoms with van der Waals surface area (Å²) in [5, 5.41) is 13.8. The van der Waals surface area contributed by atoms with E-state index in [1.165, 1.54) is 6.33 Å². The number of nitrogens with zero attached hydrogens (tertiary/aromatic N) is 2. The number of aliphatic hydroxyl groups excluding tert-OH is 1. The van der Waals surface area contributed by atoms with Gasteiger partial charge < -0.3 is 19.9 Å². The maximum absolute atomic E-state index is 8.91. The Hall–Kier alpha value is -2.57. The van der Waals surface area contributed by atoms with Crippen LogP contribution in [0.5, 0.6) is 11.5 Å². The second-order valence-corrected chi connectivity index (χ2v) is 6.17. The third kappa shape index (κ3) is 3.98. The van der Waals surface area contributed by atoms with E-state index in [9.17, 15) is 0 Å². The van der Waals surface area contributed by atoms with Crippen molar-refractivity contribution in [1.82, 2.24) is 9.97 Å². The SMILES string of the molecule is COc1cc(C(C)Nc2ncnc3cc(Cl)ccc23)ccc1OCCO. The number of nitrogens with one attached hydrogen (secondary N) is 1. The number of aromatic nitrogens is 2. The van der Waals surface area contributed by atoms with Gasteiger partial charge in [-0.2, -0.15) is 0 Å². The molecule has 2 aromatic carbocycles. The van der Waals surface area contributed by atoms with E-state index in [0.717, 1.165) is 22.3 Å². The summed E-state index contributed by atoms with van der Waals surface area (Å²) in [6.07, 6.45) is 1.51. The second-order valence-electron chi connectivity index (χ2n) is 5.73. The van der Waals surface area contributed by atoms with E-state index in [4.69, 9.17) is 26.2 Å². The molecule has 0 amide bonds. The number of hydrogen-bond donors (Lipinski definition) is 2. The third-order valence-electron chi connectivity index (χ3n) is 3.99. The number of benzene rings is 2. The fourth-order valence-electron chi connectivity index (χ4n) is 2.66. The number of fused-ring (bicyclic) bond motifs is 1. The molecule has 0 aliphatic heterocycles. The zero-order valence-corrected chi connectivity index (χ0v) is 15.3. The predicted octanol–water partition coefficient (Wildman–Crippen LogP) is 3.84. The molecule has 0 saturated heterocycles. The molecular weight excluding hydrogens is 354 g/mol. The number of hydrogen-bond acceptors (Lipinski definition) is 6. The van der Waals surface area contributed by atoms with E-state index in [2.05, 4.69) is 15.3 Å². The minimum Gasteiger partial charge on any atom is -0.493 e. The van der Waals surface area contributed by atoms with Crippen molar-refractivity contribution in [1.29, 1.82) is 0 Å². The first-order chi connectivity index (χ1) is 12.6. The summed E-state index contributed by atoms with van der Waals surface area (Å²) in [7, 11) is 1.59. The normalized spacial score (nSPS) is 12.0. The number of methoxy groups -OCH3 is 1. The predicted molar refractivity (Wildman–Crippen MR) is 102 cm³/mol. The number of rotatable bonds is 7. The first kappa shape index (κ1) is 18.2. The zero-order chi connectivity index (χ0) is 18.5. The number of halogens is 1. The quantitative estimate of drug-likeness (QED) is 0.655. The first-order valence-corrected chi connectivity index (χ1v) is 8.58. The zero-order valence-electron chi connectivity index (χ0n) is 14.6. The molecule has 26 heavy (non-hydrogen) atoms. The van der Waals surface area contributed by atoms with Crippen LogP contribution in [0.2, 0.25) is 5.02 Å². The van der Waals surface area contributed by atoms with Crippen LogP contribution in [0.25, 0.3) is 10.9 Å². The summed E-state index contributed by atoms with van der Waals surface area (Å²) < 4.78 is 10.9. The molecule has 0 bridgehead atoms. The van der Waals surface area contributed by atoms with Crippen molar-refractivity contribution in [3.63, 3.8) is 0 Å². The van der Waals surface area contributed by atoms with Gasteiger partial charge in [-0.1, -0.05) is 17.7 Å². The highest BCUT2D eigenvalue weighted by Crippen LogP contribution is 2.32. The lowest BCUT2D eigenvalue weighted by Crippen LogP contribution is -2.09. The van der Waals surface area contributed by atoms with Gasteiger partial charge >= 0.3 is 0 Å². The van der Waals surface area contributed by atoms with Gasteiger partial charge in [0.2, 0.25) is 0 Å². The molecule has 0 radical (unpaired) electrons. The molecule has 2 N–H and O–H groups in total. The Morgan fingerprint density at radius 1 is 1.15 bits per heavy atom. The van der Waals surface area contributed by atoms with Gasteiger partial charge in [-0.3, -0.25) is 0 Å². The van der Waals surface area contributed by atoms with Crippen LogP contribution in [0.1, 0.15) is 18.5 Å². The summed E-state index contributed by atoms with van der Waals surface area (Å²) in [6.45, 7) is 2.21. The Morgan fingerprint density at radius 3 is 2.77 bits per heavy atom. The molecule has 1 atom stereocenters. The van der Waals surface area contributed by atoms with Crippen molar-refractivity contribution < 1.29 is 14.6 Å². The molecule has 7 heteroatoms. The molecule has 6 nitrogen and oxygen atoms in total. The molecule has 0 fully saturated rings. The van der Waals surface area contributed by atoms with Gasteiger partial charge in [0.15, 0.2) is 11.5 Å². The lowest BCUT2D eigenvalue weighted by atomic mass is 10.1. The van der Waals surface area contributed by atoms with Crippen molar-refractivity contribution in [3.05, 3.63) is 53.3 Å². The third-order valence-corrected chi connectivity index (χ3v) is 4.22. The van der Waals surface area contributed by atoms with Crippen LogP contribution in [-0.2, 0) is 0 Å². The molecule has 0 aliphatic carbocycles. The lowest BCUT2D eigenvalue weighted by molar-refractivity contribution is 0.196. The van der Waals surface area contributed by atoms with Crippen LogP contribution >= 0.6 is 11.6 Å². The molecule has 0 spiro atoms.